The van der Waals surface area contributed by atoms with Crippen LogP contribution in [0, 0.1) is 0 Å². The second-order valence-corrected chi connectivity index (χ2v) is 5.56. The van der Waals surface area contributed by atoms with Crippen LogP contribution in [0.25, 0.3) is 0 Å². The van der Waals surface area contributed by atoms with Crippen molar-refractivity contribution >= 4 is 11.6 Å². The number of carbonyl (C=O) groups excluding carboxylic acids is 1. The average molecular weight is 297 g/mol. The molecule has 0 heterocycles. The van der Waals surface area contributed by atoms with Crippen molar-refractivity contribution in [3.63, 3.8) is 0 Å². The van der Waals surface area contributed by atoms with E-state index in [9.17, 15) is 4.79 Å². The molecule has 0 aliphatic carbocycles. The fourth-order valence-corrected chi connectivity index (χ4v) is 2.31. The molecule has 0 fully saturated rings. The molecule has 1 atom stereocenters. The van der Waals surface area contributed by atoms with Crippen LogP contribution in [-0.2, 0) is 4.79 Å². The summed E-state index contributed by atoms with van der Waals surface area (Å²) in [5.74, 6) is 0.952. The van der Waals surface area contributed by atoms with Gasteiger partial charge in [-0.1, -0.05) is 57.2 Å². The van der Waals surface area contributed by atoms with Gasteiger partial charge in [-0.3, -0.25) is 4.79 Å². The summed E-state index contributed by atoms with van der Waals surface area (Å²) in [6.45, 7) is 6.17. The summed E-state index contributed by atoms with van der Waals surface area (Å²) in [5.41, 5.74) is 1.99. The van der Waals surface area contributed by atoms with Gasteiger partial charge in [0.05, 0.1) is 0 Å². The molecule has 0 radical (unpaired) electrons. The van der Waals surface area contributed by atoms with Crippen LogP contribution in [0.3, 0.4) is 0 Å². The summed E-state index contributed by atoms with van der Waals surface area (Å²) in [7, 11) is 0. The number of carbonyl (C=O) groups is 1. The Morgan fingerprint density at radius 3 is 2.32 bits per heavy atom. The van der Waals surface area contributed by atoms with Crippen molar-refractivity contribution in [2.75, 3.05) is 5.32 Å². The van der Waals surface area contributed by atoms with Gasteiger partial charge in [-0.05, 0) is 36.1 Å². The van der Waals surface area contributed by atoms with Gasteiger partial charge in [0.2, 0.25) is 0 Å². The molecule has 1 amide bonds. The number of para-hydroxylation sites is 2. The smallest absolute Gasteiger partial charge is 0.265 e. The lowest BCUT2D eigenvalue weighted by Crippen LogP contribution is -2.32. The summed E-state index contributed by atoms with van der Waals surface area (Å²) >= 11 is 0. The first-order valence-electron chi connectivity index (χ1n) is 7.73. The molecule has 0 unspecified atom stereocenters. The summed E-state index contributed by atoms with van der Waals surface area (Å²) in [6, 6.07) is 17.3. The van der Waals surface area contributed by atoms with Crippen LogP contribution in [0.4, 0.5) is 5.69 Å². The van der Waals surface area contributed by atoms with Gasteiger partial charge < -0.3 is 10.1 Å². The van der Waals surface area contributed by atoms with E-state index >= 15 is 0 Å². The number of nitrogens with one attached hydrogen (secondary N) is 1. The highest BCUT2D eigenvalue weighted by atomic mass is 16.5. The van der Waals surface area contributed by atoms with E-state index < -0.39 is 6.10 Å². The zero-order valence-electron chi connectivity index (χ0n) is 13.4. The maximum absolute atomic E-state index is 12.5. The van der Waals surface area contributed by atoms with Crippen molar-refractivity contribution in [1.82, 2.24) is 0 Å². The van der Waals surface area contributed by atoms with Crippen LogP contribution in [0.15, 0.2) is 54.6 Å². The zero-order chi connectivity index (χ0) is 15.9. The topological polar surface area (TPSA) is 38.3 Å². The monoisotopic (exact) mass is 297 g/mol. The highest BCUT2D eigenvalue weighted by molar-refractivity contribution is 5.95. The molecule has 1 N–H and O–H groups in total. The van der Waals surface area contributed by atoms with Gasteiger partial charge in [0.15, 0.2) is 6.10 Å². The van der Waals surface area contributed by atoms with Gasteiger partial charge >= 0.3 is 0 Å². The Bertz CT molecular complexity index is 608. The predicted octanol–water partition coefficient (Wildman–Crippen LogP) is 4.61. The minimum Gasteiger partial charge on any atom is -0.481 e. The second-order valence-electron chi connectivity index (χ2n) is 5.56. The molecule has 2 aromatic rings. The quantitative estimate of drug-likeness (QED) is 0.845. The van der Waals surface area contributed by atoms with Gasteiger partial charge in [-0.15, -0.1) is 0 Å². The molecule has 0 aliphatic heterocycles. The van der Waals surface area contributed by atoms with E-state index in [2.05, 4.69) is 19.2 Å². The summed E-state index contributed by atoms with van der Waals surface area (Å²) in [4.78, 5) is 12.5. The van der Waals surface area contributed by atoms with Crippen LogP contribution in [0.5, 0.6) is 5.75 Å². The third kappa shape index (κ3) is 4.10. The van der Waals surface area contributed by atoms with E-state index in [-0.39, 0.29) is 5.91 Å². The van der Waals surface area contributed by atoms with E-state index in [0.717, 1.165) is 11.3 Å². The first-order valence-corrected chi connectivity index (χ1v) is 7.73. The lowest BCUT2D eigenvalue weighted by atomic mass is 10.0. The highest BCUT2D eigenvalue weighted by Crippen LogP contribution is 2.24. The van der Waals surface area contributed by atoms with Crippen molar-refractivity contribution in [3.8, 4) is 5.75 Å². The molecule has 2 aromatic carbocycles. The van der Waals surface area contributed by atoms with Crippen molar-refractivity contribution in [3.05, 3.63) is 60.2 Å². The largest absolute Gasteiger partial charge is 0.481 e. The van der Waals surface area contributed by atoms with E-state index in [1.54, 1.807) is 0 Å². The van der Waals surface area contributed by atoms with E-state index in [1.165, 1.54) is 0 Å². The van der Waals surface area contributed by atoms with Crippen LogP contribution < -0.4 is 10.1 Å². The molecular weight excluding hydrogens is 274 g/mol. The first kappa shape index (κ1) is 16.1. The fourth-order valence-electron chi connectivity index (χ4n) is 2.31. The Balaban J connectivity index is 2.10. The Labute approximate surface area is 132 Å². The average Bonchev–Trinajstić information content (AvgIpc) is 2.53. The number of amides is 1. The van der Waals surface area contributed by atoms with E-state index in [4.69, 9.17) is 4.74 Å². The number of ether oxygens (including phenoxy) is 1. The van der Waals surface area contributed by atoms with E-state index in [1.807, 2.05) is 61.5 Å². The number of rotatable bonds is 6. The van der Waals surface area contributed by atoms with Crippen LogP contribution in [0.2, 0.25) is 0 Å². The molecule has 0 spiro atoms. The molecule has 0 saturated heterocycles. The Morgan fingerprint density at radius 2 is 1.68 bits per heavy atom. The van der Waals surface area contributed by atoms with Gasteiger partial charge in [-0.25, -0.2) is 0 Å². The molecule has 0 aromatic heterocycles. The molecule has 22 heavy (non-hydrogen) atoms. The van der Waals surface area contributed by atoms with Crippen molar-refractivity contribution in [2.24, 2.45) is 0 Å². The highest BCUT2D eigenvalue weighted by Gasteiger charge is 2.19. The first-order chi connectivity index (χ1) is 10.6. The van der Waals surface area contributed by atoms with Crippen molar-refractivity contribution in [1.29, 1.82) is 0 Å². The zero-order valence-corrected chi connectivity index (χ0v) is 13.4. The number of benzene rings is 2. The summed E-state index contributed by atoms with van der Waals surface area (Å²) in [6.07, 6.45) is 0.118. The third-order valence-electron chi connectivity index (χ3n) is 3.53. The van der Waals surface area contributed by atoms with Crippen LogP contribution in [0.1, 0.15) is 38.7 Å². The molecule has 3 nitrogen and oxygen atoms in total. The lowest BCUT2D eigenvalue weighted by Gasteiger charge is -2.19. The maximum Gasteiger partial charge on any atom is 0.265 e. The van der Waals surface area contributed by atoms with Gasteiger partial charge in [0, 0.05) is 5.69 Å². The molecule has 3 heteroatoms. The van der Waals surface area contributed by atoms with Crippen LogP contribution >= 0.6 is 0 Å². The predicted molar refractivity (Wildman–Crippen MR) is 90.3 cm³/mol. The summed E-state index contributed by atoms with van der Waals surface area (Å²) < 4.78 is 5.79. The van der Waals surface area contributed by atoms with Gasteiger partial charge in [-0.2, -0.15) is 0 Å². The Kier molecular flexibility index (Phi) is 5.59. The molecule has 0 bridgehead atoms. The minimum absolute atomic E-state index is 0.112. The van der Waals surface area contributed by atoms with Crippen molar-refractivity contribution in [2.45, 2.75) is 39.2 Å². The SMILES string of the molecule is CC[C@H](Oc1ccccc1)C(=O)Nc1ccccc1C(C)C. The number of anilines is 1. The normalized spacial score (nSPS) is 12.0. The maximum atomic E-state index is 12.5. The molecule has 0 aliphatic rings. The Hall–Kier alpha value is -2.29. The molecule has 2 rings (SSSR count). The van der Waals surface area contributed by atoms with Gasteiger partial charge in [0.1, 0.15) is 5.75 Å². The van der Waals surface area contributed by atoms with Crippen LogP contribution in [-0.4, -0.2) is 12.0 Å². The second kappa shape index (κ2) is 7.64. The number of hydrogen-bond donors (Lipinski definition) is 1. The molecule has 116 valence electrons. The molecule has 0 saturated carbocycles. The summed E-state index contributed by atoms with van der Waals surface area (Å²) in [5, 5.41) is 3.00. The van der Waals surface area contributed by atoms with Gasteiger partial charge in [0.25, 0.3) is 5.91 Å². The number of hydrogen-bond acceptors (Lipinski definition) is 2. The standard InChI is InChI=1S/C19H23NO2/c1-4-18(22-15-10-6-5-7-11-15)19(21)20-17-13-9-8-12-16(17)14(2)3/h5-14,18H,4H2,1-3H3,(H,20,21)/t18-/m0/s1. The molecular formula is C19H23NO2. The third-order valence-corrected chi connectivity index (χ3v) is 3.53. The fraction of sp³-hybridized carbons (Fsp3) is 0.316. The van der Waals surface area contributed by atoms with E-state index in [0.29, 0.717) is 18.1 Å². The van der Waals surface area contributed by atoms with Crippen molar-refractivity contribution < 1.29 is 9.53 Å². The Morgan fingerprint density at radius 1 is 1.05 bits per heavy atom. The minimum atomic E-state index is -0.498. The lowest BCUT2D eigenvalue weighted by molar-refractivity contribution is -0.122.